The number of hydrogen-bond acceptors (Lipinski definition) is 3. The zero-order valence-electron chi connectivity index (χ0n) is 10.9. The van der Waals surface area contributed by atoms with Crippen molar-refractivity contribution in [3.8, 4) is 0 Å². The van der Waals surface area contributed by atoms with Gasteiger partial charge in [-0.15, -0.1) is 0 Å². The highest BCUT2D eigenvalue weighted by molar-refractivity contribution is 6.10. The molecule has 21 heavy (non-hydrogen) atoms. The van der Waals surface area contributed by atoms with Gasteiger partial charge < -0.3 is 4.42 Å². The normalized spacial score (nSPS) is 11.0. The maximum absolute atomic E-state index is 13.2. The molecular weight excluding hydrogens is 280 g/mol. The van der Waals surface area contributed by atoms with Gasteiger partial charge in [0.25, 0.3) is 0 Å². The summed E-state index contributed by atoms with van der Waals surface area (Å²) in [6, 6.07) is 7.40. The summed E-state index contributed by atoms with van der Waals surface area (Å²) in [4.78, 5) is 23.6. The smallest absolute Gasteiger partial charge is 0.408 e. The lowest BCUT2D eigenvalue weighted by atomic mass is 10.0. The van der Waals surface area contributed by atoms with E-state index in [0.29, 0.717) is 5.52 Å². The van der Waals surface area contributed by atoms with Crippen LogP contribution in [0.25, 0.3) is 11.1 Å². The third-order valence-corrected chi connectivity index (χ3v) is 3.24. The van der Waals surface area contributed by atoms with E-state index in [0.717, 1.165) is 12.1 Å². The first-order valence-corrected chi connectivity index (χ1v) is 6.06. The van der Waals surface area contributed by atoms with E-state index in [-0.39, 0.29) is 16.7 Å². The Morgan fingerprint density at radius 1 is 1.05 bits per heavy atom. The van der Waals surface area contributed by atoms with Crippen LogP contribution in [0.15, 0.2) is 45.6 Å². The monoisotopic (exact) mass is 289 g/mol. The Balaban J connectivity index is 2.09. The average molecular weight is 289 g/mol. The van der Waals surface area contributed by atoms with Gasteiger partial charge in [0.1, 0.15) is 0 Å². The molecule has 0 aliphatic carbocycles. The lowest BCUT2D eigenvalue weighted by molar-refractivity contribution is 0.103. The topological polar surface area (TPSA) is 52.2 Å². The van der Waals surface area contributed by atoms with Crippen LogP contribution < -0.4 is 5.76 Å². The van der Waals surface area contributed by atoms with Crippen LogP contribution in [0.5, 0.6) is 0 Å². The van der Waals surface area contributed by atoms with Crippen molar-refractivity contribution in [2.45, 2.75) is 0 Å². The Hall–Kier alpha value is -2.76. The molecule has 2 aromatic carbocycles. The number of aromatic nitrogens is 1. The van der Waals surface area contributed by atoms with Crippen molar-refractivity contribution in [2.24, 2.45) is 7.05 Å². The quantitative estimate of drug-likeness (QED) is 0.681. The van der Waals surface area contributed by atoms with Crippen LogP contribution in [0.4, 0.5) is 8.78 Å². The lowest BCUT2D eigenvalue weighted by Crippen LogP contribution is -2.08. The minimum atomic E-state index is -1.09. The molecule has 0 spiro atoms. The Labute approximate surface area is 117 Å². The van der Waals surface area contributed by atoms with E-state index in [2.05, 4.69) is 0 Å². The number of nitrogens with zero attached hydrogens (tertiary/aromatic N) is 1. The molecule has 106 valence electrons. The first kappa shape index (κ1) is 13.2. The number of carbonyl (C=O) groups is 1. The summed E-state index contributed by atoms with van der Waals surface area (Å²) in [5, 5.41) is 0. The second-order valence-electron chi connectivity index (χ2n) is 4.57. The Morgan fingerprint density at radius 2 is 1.71 bits per heavy atom. The Kier molecular flexibility index (Phi) is 2.94. The third-order valence-electron chi connectivity index (χ3n) is 3.24. The number of hydrogen-bond donors (Lipinski definition) is 0. The maximum Gasteiger partial charge on any atom is 0.419 e. The van der Waals surface area contributed by atoms with Crippen molar-refractivity contribution >= 4 is 16.9 Å². The Bertz CT molecular complexity index is 924. The highest BCUT2D eigenvalue weighted by atomic mass is 19.2. The van der Waals surface area contributed by atoms with Crippen molar-refractivity contribution in [3.05, 3.63) is 69.7 Å². The number of ketones is 1. The van der Waals surface area contributed by atoms with Crippen molar-refractivity contribution in [1.82, 2.24) is 4.57 Å². The summed E-state index contributed by atoms with van der Waals surface area (Å²) in [5.41, 5.74) is 1.05. The van der Waals surface area contributed by atoms with Gasteiger partial charge in [-0.1, -0.05) is 0 Å². The summed E-state index contributed by atoms with van der Waals surface area (Å²) in [6.45, 7) is 0. The molecule has 0 amide bonds. The van der Waals surface area contributed by atoms with Gasteiger partial charge in [-0.3, -0.25) is 9.36 Å². The Morgan fingerprint density at radius 3 is 2.43 bits per heavy atom. The summed E-state index contributed by atoms with van der Waals surface area (Å²) in [6.07, 6.45) is 0. The minimum Gasteiger partial charge on any atom is -0.408 e. The summed E-state index contributed by atoms with van der Waals surface area (Å²) in [7, 11) is 1.55. The number of carbonyl (C=O) groups excluding carboxylic acids is 1. The summed E-state index contributed by atoms with van der Waals surface area (Å²) >= 11 is 0. The van der Waals surface area contributed by atoms with Crippen LogP contribution in [0, 0.1) is 11.6 Å². The van der Waals surface area contributed by atoms with E-state index in [1.807, 2.05) is 0 Å². The van der Waals surface area contributed by atoms with E-state index in [1.165, 1.54) is 22.8 Å². The van der Waals surface area contributed by atoms with Crippen LogP contribution in [0.1, 0.15) is 15.9 Å². The highest BCUT2D eigenvalue weighted by Crippen LogP contribution is 2.18. The molecular formula is C15H9F2NO3. The lowest BCUT2D eigenvalue weighted by Gasteiger charge is -2.02. The zero-order valence-corrected chi connectivity index (χ0v) is 10.9. The van der Waals surface area contributed by atoms with Crippen LogP contribution >= 0.6 is 0 Å². The molecule has 4 nitrogen and oxygen atoms in total. The molecule has 0 radical (unpaired) electrons. The van der Waals surface area contributed by atoms with Gasteiger partial charge in [0, 0.05) is 18.2 Å². The molecule has 0 unspecified atom stereocenters. The fraction of sp³-hybridized carbons (Fsp3) is 0.0667. The van der Waals surface area contributed by atoms with E-state index in [9.17, 15) is 18.4 Å². The van der Waals surface area contributed by atoms with Gasteiger partial charge >= 0.3 is 5.76 Å². The molecule has 0 atom stereocenters. The second kappa shape index (κ2) is 4.66. The molecule has 1 aromatic heterocycles. The van der Waals surface area contributed by atoms with Gasteiger partial charge in [-0.2, -0.15) is 0 Å². The van der Waals surface area contributed by atoms with Crippen molar-refractivity contribution in [3.63, 3.8) is 0 Å². The molecule has 0 fully saturated rings. The average Bonchev–Trinajstić information content (AvgIpc) is 2.76. The minimum absolute atomic E-state index is 0.0199. The van der Waals surface area contributed by atoms with Crippen LogP contribution in [0.2, 0.25) is 0 Å². The first-order chi connectivity index (χ1) is 9.97. The molecule has 3 rings (SSSR count). The van der Waals surface area contributed by atoms with E-state index < -0.39 is 23.2 Å². The van der Waals surface area contributed by atoms with Crippen LogP contribution in [-0.4, -0.2) is 10.4 Å². The van der Waals surface area contributed by atoms with E-state index in [1.54, 1.807) is 13.1 Å². The molecule has 0 N–H and O–H groups in total. The van der Waals surface area contributed by atoms with Crippen molar-refractivity contribution in [1.29, 1.82) is 0 Å². The number of rotatable bonds is 2. The highest BCUT2D eigenvalue weighted by Gasteiger charge is 2.14. The fourth-order valence-electron chi connectivity index (χ4n) is 2.08. The van der Waals surface area contributed by atoms with Gasteiger partial charge in [0.05, 0.1) is 5.52 Å². The molecule has 0 aliphatic rings. The van der Waals surface area contributed by atoms with Gasteiger partial charge in [0.2, 0.25) is 0 Å². The van der Waals surface area contributed by atoms with Crippen LogP contribution in [-0.2, 0) is 7.05 Å². The number of aryl methyl sites for hydroxylation is 1. The maximum atomic E-state index is 13.2. The standard InChI is InChI=1S/C15H9F2NO3/c1-18-12-5-3-9(7-13(12)21-15(18)20)14(19)8-2-4-10(16)11(17)6-8/h2-7H,1H3. The summed E-state index contributed by atoms with van der Waals surface area (Å²) in [5.74, 6) is -3.13. The molecule has 6 heteroatoms. The zero-order chi connectivity index (χ0) is 15.1. The van der Waals surface area contributed by atoms with Gasteiger partial charge in [-0.25, -0.2) is 13.6 Å². The van der Waals surface area contributed by atoms with E-state index in [4.69, 9.17) is 4.42 Å². The number of fused-ring (bicyclic) bond motifs is 1. The number of benzene rings is 2. The van der Waals surface area contributed by atoms with Crippen molar-refractivity contribution in [2.75, 3.05) is 0 Å². The van der Waals surface area contributed by atoms with E-state index >= 15 is 0 Å². The first-order valence-electron chi connectivity index (χ1n) is 6.06. The fourth-order valence-corrected chi connectivity index (χ4v) is 2.08. The predicted octanol–water partition coefficient (Wildman–Crippen LogP) is 2.64. The molecule has 0 aliphatic heterocycles. The SMILES string of the molecule is Cn1c(=O)oc2cc(C(=O)c3ccc(F)c(F)c3)ccc21. The second-order valence-corrected chi connectivity index (χ2v) is 4.57. The molecule has 1 heterocycles. The van der Waals surface area contributed by atoms with Crippen LogP contribution in [0.3, 0.4) is 0 Å². The third kappa shape index (κ3) is 2.14. The number of halogens is 2. The molecule has 3 aromatic rings. The summed E-state index contributed by atoms with van der Waals surface area (Å²) < 4.78 is 32.4. The van der Waals surface area contributed by atoms with Crippen molar-refractivity contribution < 1.29 is 18.0 Å². The molecule has 0 saturated carbocycles. The molecule has 0 bridgehead atoms. The number of oxazole rings is 1. The molecule has 0 saturated heterocycles. The predicted molar refractivity (Wildman–Crippen MR) is 71.2 cm³/mol. The van der Waals surface area contributed by atoms with Gasteiger partial charge in [-0.05, 0) is 36.4 Å². The largest absolute Gasteiger partial charge is 0.419 e. The van der Waals surface area contributed by atoms with Gasteiger partial charge in [0.15, 0.2) is 23.0 Å².